The molecule has 0 aromatic heterocycles. The summed E-state index contributed by atoms with van der Waals surface area (Å²) in [6, 6.07) is 19.1. The highest BCUT2D eigenvalue weighted by molar-refractivity contribution is 7.76. The highest BCUT2D eigenvalue weighted by Gasteiger charge is 2.27. The summed E-state index contributed by atoms with van der Waals surface area (Å²) in [5, 5.41) is 13.5. The lowest BCUT2D eigenvalue weighted by Crippen LogP contribution is -2.57. The number of halogens is 1. The fourth-order valence-electron chi connectivity index (χ4n) is 4.22. The standard InChI is InChI=1S/C26H26ClN3O4S/c1-19(17-26(31)32)30(35(33)34)29-15-13-28(14-16-29)23-10-7-20(8-11-23)5-6-21-9-12-24-22(18-21)3-2-4-25(24)27/h2-4,7-12,18-19H,13-17H2,1H3,(H,31,32)(H,33,34)/p-1. The van der Waals surface area contributed by atoms with Crippen molar-refractivity contribution in [2.24, 2.45) is 0 Å². The van der Waals surface area contributed by atoms with Gasteiger partial charge in [-0.15, -0.1) is 0 Å². The third-order valence-electron chi connectivity index (χ3n) is 5.95. The smallest absolute Gasteiger partial charge is 0.305 e. The van der Waals surface area contributed by atoms with Crippen LogP contribution in [0, 0.1) is 11.8 Å². The lowest BCUT2D eigenvalue weighted by atomic mass is 10.1. The Labute approximate surface area is 212 Å². The molecule has 1 aliphatic rings. The molecule has 1 N–H and O–H groups in total. The Hall–Kier alpha value is -2.93. The molecule has 1 saturated heterocycles. The van der Waals surface area contributed by atoms with Gasteiger partial charge in [0.25, 0.3) is 0 Å². The van der Waals surface area contributed by atoms with Gasteiger partial charge in [-0.2, -0.15) is 4.41 Å². The number of hydrazine groups is 1. The van der Waals surface area contributed by atoms with Crippen LogP contribution in [0.3, 0.4) is 0 Å². The monoisotopic (exact) mass is 510 g/mol. The molecule has 0 spiro atoms. The van der Waals surface area contributed by atoms with Gasteiger partial charge in [0.05, 0.1) is 6.42 Å². The number of aliphatic carboxylic acids is 1. The molecule has 0 amide bonds. The van der Waals surface area contributed by atoms with E-state index in [1.165, 1.54) is 0 Å². The minimum Gasteiger partial charge on any atom is -0.759 e. The minimum absolute atomic E-state index is 0.246. The average Bonchev–Trinajstić information content (AvgIpc) is 2.83. The van der Waals surface area contributed by atoms with Crippen LogP contribution in [0.25, 0.3) is 10.8 Å². The highest BCUT2D eigenvalue weighted by Crippen LogP contribution is 2.24. The average molecular weight is 511 g/mol. The Balaban J connectivity index is 1.39. The fraction of sp³-hybridized carbons (Fsp3) is 0.269. The van der Waals surface area contributed by atoms with Gasteiger partial charge in [0.2, 0.25) is 0 Å². The van der Waals surface area contributed by atoms with Gasteiger partial charge in [0.15, 0.2) is 0 Å². The lowest BCUT2D eigenvalue weighted by Gasteiger charge is -2.44. The van der Waals surface area contributed by atoms with Gasteiger partial charge in [-0.25, -0.2) is 5.01 Å². The third-order valence-corrected chi connectivity index (χ3v) is 7.17. The number of nitrogens with zero attached hydrogens (tertiary/aromatic N) is 3. The van der Waals surface area contributed by atoms with E-state index in [2.05, 4.69) is 16.7 Å². The molecule has 182 valence electrons. The highest BCUT2D eigenvalue weighted by atomic mass is 35.5. The topological polar surface area (TPSA) is 87.2 Å². The van der Waals surface area contributed by atoms with Gasteiger partial charge in [-0.1, -0.05) is 41.6 Å². The summed E-state index contributed by atoms with van der Waals surface area (Å²) >= 11 is 3.71. The molecular formula is C26H25ClN3O4S-. The van der Waals surface area contributed by atoms with Crippen LogP contribution in [0.5, 0.6) is 0 Å². The van der Waals surface area contributed by atoms with E-state index in [0.717, 1.165) is 37.0 Å². The van der Waals surface area contributed by atoms with Gasteiger partial charge >= 0.3 is 5.97 Å². The second-order valence-electron chi connectivity index (χ2n) is 8.38. The second-order valence-corrected chi connectivity index (χ2v) is 9.60. The molecule has 1 aliphatic heterocycles. The van der Waals surface area contributed by atoms with Crippen molar-refractivity contribution in [1.29, 1.82) is 0 Å². The van der Waals surface area contributed by atoms with Gasteiger partial charge in [-0.05, 0) is 54.8 Å². The Morgan fingerprint density at radius 2 is 1.74 bits per heavy atom. The van der Waals surface area contributed by atoms with E-state index in [1.807, 2.05) is 60.7 Å². The summed E-state index contributed by atoms with van der Waals surface area (Å²) in [6.07, 6.45) is -0.246. The van der Waals surface area contributed by atoms with Crippen molar-refractivity contribution in [2.75, 3.05) is 31.1 Å². The van der Waals surface area contributed by atoms with E-state index < -0.39 is 23.3 Å². The Morgan fingerprint density at radius 3 is 2.40 bits per heavy atom. The van der Waals surface area contributed by atoms with Gasteiger partial charge in [-0.3, -0.25) is 9.00 Å². The van der Waals surface area contributed by atoms with Gasteiger partial charge in [0.1, 0.15) is 0 Å². The van der Waals surface area contributed by atoms with Crippen LogP contribution in [-0.2, 0) is 16.1 Å². The van der Waals surface area contributed by atoms with Crippen molar-refractivity contribution >= 4 is 45.3 Å². The first-order valence-electron chi connectivity index (χ1n) is 11.2. The summed E-state index contributed by atoms with van der Waals surface area (Å²) < 4.78 is 24.6. The maximum Gasteiger partial charge on any atom is 0.305 e. The fourth-order valence-corrected chi connectivity index (χ4v) is 5.19. The molecule has 1 heterocycles. The normalized spacial score (nSPS) is 16.1. The van der Waals surface area contributed by atoms with Gasteiger partial charge in [0, 0.05) is 70.7 Å². The van der Waals surface area contributed by atoms with E-state index in [9.17, 15) is 13.6 Å². The van der Waals surface area contributed by atoms with Crippen LogP contribution in [0.15, 0.2) is 60.7 Å². The molecule has 0 saturated carbocycles. The Morgan fingerprint density at radius 1 is 1.09 bits per heavy atom. The van der Waals surface area contributed by atoms with Crippen molar-refractivity contribution in [3.63, 3.8) is 0 Å². The first-order valence-corrected chi connectivity index (χ1v) is 12.6. The summed E-state index contributed by atoms with van der Waals surface area (Å²) in [4.78, 5) is 13.2. The number of hydrogen-bond acceptors (Lipinski definition) is 5. The summed E-state index contributed by atoms with van der Waals surface area (Å²) in [5.41, 5.74) is 2.84. The number of rotatable bonds is 6. The molecule has 7 nitrogen and oxygen atoms in total. The number of carbonyl (C=O) groups is 1. The molecular weight excluding hydrogens is 486 g/mol. The van der Waals surface area contributed by atoms with Gasteiger partial charge < -0.3 is 14.6 Å². The minimum atomic E-state index is -2.53. The molecule has 3 aromatic carbocycles. The number of carboxylic acids is 1. The summed E-state index contributed by atoms with van der Waals surface area (Å²) in [5.74, 6) is 5.38. The van der Waals surface area contributed by atoms with Crippen molar-refractivity contribution in [3.05, 3.63) is 76.8 Å². The maximum absolute atomic E-state index is 11.7. The predicted octanol–water partition coefficient (Wildman–Crippen LogP) is 3.89. The largest absolute Gasteiger partial charge is 0.759 e. The molecule has 35 heavy (non-hydrogen) atoms. The van der Waals surface area contributed by atoms with Crippen LogP contribution < -0.4 is 4.90 Å². The number of piperazine rings is 1. The van der Waals surface area contributed by atoms with Crippen LogP contribution in [0.1, 0.15) is 24.5 Å². The van der Waals surface area contributed by atoms with E-state index in [4.69, 9.17) is 16.7 Å². The molecule has 1 fully saturated rings. The van der Waals surface area contributed by atoms with Crippen LogP contribution in [-0.4, -0.2) is 61.5 Å². The zero-order valence-corrected chi connectivity index (χ0v) is 20.8. The Kier molecular flexibility index (Phi) is 8.06. The molecule has 9 heteroatoms. The molecule has 0 aliphatic carbocycles. The Bertz CT molecular complexity index is 1300. The van der Waals surface area contributed by atoms with Crippen molar-refractivity contribution in [1.82, 2.24) is 9.42 Å². The van der Waals surface area contributed by atoms with E-state index in [-0.39, 0.29) is 6.42 Å². The first-order chi connectivity index (χ1) is 16.8. The number of benzene rings is 3. The number of anilines is 1. The first kappa shape index (κ1) is 25.2. The lowest BCUT2D eigenvalue weighted by molar-refractivity contribution is -0.139. The number of hydrogen-bond donors (Lipinski definition) is 1. The van der Waals surface area contributed by atoms with Crippen LogP contribution in [0.2, 0.25) is 5.02 Å². The molecule has 0 radical (unpaired) electrons. The molecule has 4 rings (SSSR count). The van der Waals surface area contributed by atoms with Crippen molar-refractivity contribution < 1.29 is 18.7 Å². The van der Waals surface area contributed by atoms with E-state index >= 15 is 0 Å². The second kappa shape index (κ2) is 11.2. The zero-order chi connectivity index (χ0) is 24.9. The van der Waals surface area contributed by atoms with Crippen LogP contribution >= 0.6 is 11.6 Å². The predicted molar refractivity (Wildman–Crippen MR) is 138 cm³/mol. The number of fused-ring (bicyclic) bond motifs is 1. The zero-order valence-electron chi connectivity index (χ0n) is 19.2. The van der Waals surface area contributed by atoms with Crippen molar-refractivity contribution in [3.8, 4) is 11.8 Å². The molecule has 2 unspecified atom stereocenters. The molecule has 2 atom stereocenters. The quantitative estimate of drug-likeness (QED) is 0.400. The van der Waals surface area contributed by atoms with E-state index in [0.29, 0.717) is 26.2 Å². The third kappa shape index (κ3) is 6.20. The van der Waals surface area contributed by atoms with Crippen molar-refractivity contribution in [2.45, 2.75) is 19.4 Å². The number of carboxylic acid groups (broad SMARTS) is 1. The van der Waals surface area contributed by atoms with E-state index in [1.54, 1.807) is 11.9 Å². The molecule has 0 bridgehead atoms. The summed E-state index contributed by atoms with van der Waals surface area (Å²) in [6.45, 7) is 3.80. The summed E-state index contributed by atoms with van der Waals surface area (Å²) in [7, 11) is 0. The van der Waals surface area contributed by atoms with Crippen LogP contribution in [0.4, 0.5) is 5.69 Å². The SMILES string of the molecule is CC(CC(=O)O)N(N1CCN(c2ccc(C#Cc3ccc4c(Cl)cccc4c3)cc2)CC1)S(=O)[O-]. The molecule has 3 aromatic rings. The maximum atomic E-state index is 11.7.